The molecule has 0 spiro atoms. The van der Waals surface area contributed by atoms with Crippen LogP contribution in [-0.4, -0.2) is 28.2 Å². The maximum absolute atomic E-state index is 12.6. The van der Waals surface area contributed by atoms with E-state index in [1.54, 1.807) is 12.1 Å². The molecule has 0 aliphatic rings. The summed E-state index contributed by atoms with van der Waals surface area (Å²) in [5.74, 6) is -0.957. The number of benzene rings is 1. The second kappa shape index (κ2) is 9.00. The van der Waals surface area contributed by atoms with E-state index in [4.69, 9.17) is 4.42 Å². The number of carbonyl (C=O) groups excluding carboxylic acids is 2. The molecule has 0 saturated carbocycles. The predicted octanol–water partition coefficient (Wildman–Crippen LogP) is 3.28. The molecule has 0 bridgehead atoms. The van der Waals surface area contributed by atoms with Crippen LogP contribution in [0.2, 0.25) is 0 Å². The minimum Gasteiger partial charge on any atom is -0.467 e. The smallest absolute Gasteiger partial charge is 0.387 e. The molecule has 2 aromatic heterocycles. The molecule has 0 fully saturated rings. The summed E-state index contributed by atoms with van der Waals surface area (Å²) in [5, 5.41) is 9.34. The highest BCUT2D eigenvalue weighted by molar-refractivity contribution is 6.09. The zero-order valence-corrected chi connectivity index (χ0v) is 15.4. The molecule has 1 aromatic carbocycles. The lowest BCUT2D eigenvalue weighted by atomic mass is 10.2. The molecule has 2 N–H and O–H groups in total. The van der Waals surface area contributed by atoms with Crippen molar-refractivity contribution in [3.05, 3.63) is 65.9 Å². The van der Waals surface area contributed by atoms with Crippen LogP contribution in [0.4, 0.5) is 14.5 Å². The zero-order chi connectivity index (χ0) is 20.8. The Hall–Kier alpha value is -3.69. The Morgan fingerprint density at radius 2 is 2.00 bits per heavy atom. The number of alkyl halides is 2. The maximum atomic E-state index is 12.6. The first kappa shape index (κ1) is 20.1. The van der Waals surface area contributed by atoms with Crippen LogP contribution in [0.1, 0.15) is 33.5 Å². The van der Waals surface area contributed by atoms with Gasteiger partial charge in [0, 0.05) is 12.7 Å². The number of carbonyl (C=O) groups is 2. The number of hydrogen-bond donors (Lipinski definition) is 2. The molecular weight excluding hydrogens is 386 g/mol. The largest absolute Gasteiger partial charge is 0.467 e. The summed E-state index contributed by atoms with van der Waals surface area (Å²) in [6.45, 7) is -0.660. The number of amides is 2. The second-order valence-corrected chi connectivity index (χ2v) is 5.84. The van der Waals surface area contributed by atoms with Crippen molar-refractivity contribution in [1.29, 1.82) is 0 Å². The molecule has 3 aromatic rings. The number of anilines is 1. The van der Waals surface area contributed by atoms with Crippen molar-refractivity contribution in [2.45, 2.75) is 26.6 Å². The average Bonchev–Trinajstić information content (AvgIpc) is 3.35. The van der Waals surface area contributed by atoms with Crippen LogP contribution in [0.3, 0.4) is 0 Å². The molecule has 0 radical (unpaired) electrons. The van der Waals surface area contributed by atoms with Crippen molar-refractivity contribution in [1.82, 2.24) is 15.1 Å². The fraction of sp³-hybridized carbons (Fsp3) is 0.211. The molecule has 2 amide bonds. The molecular formula is C19H18F2N4O4. The molecule has 152 valence electrons. The van der Waals surface area contributed by atoms with Crippen LogP contribution in [0, 0.1) is 0 Å². The summed E-state index contributed by atoms with van der Waals surface area (Å²) < 4.78 is 36.2. The Morgan fingerprint density at radius 1 is 1.21 bits per heavy atom. The number of halogens is 2. The van der Waals surface area contributed by atoms with Crippen molar-refractivity contribution in [2.75, 3.05) is 5.32 Å². The van der Waals surface area contributed by atoms with Crippen LogP contribution in [0.25, 0.3) is 0 Å². The van der Waals surface area contributed by atoms with E-state index < -0.39 is 18.4 Å². The number of hydrogen-bond acceptors (Lipinski definition) is 5. The van der Waals surface area contributed by atoms with E-state index in [9.17, 15) is 18.4 Å². The Kier molecular flexibility index (Phi) is 6.22. The van der Waals surface area contributed by atoms with Crippen LogP contribution >= 0.6 is 0 Å². The van der Waals surface area contributed by atoms with E-state index in [1.807, 2.05) is 6.92 Å². The molecule has 2 heterocycles. The topological polar surface area (TPSA) is 98.4 Å². The number of furan rings is 1. The van der Waals surface area contributed by atoms with Gasteiger partial charge in [-0.3, -0.25) is 14.3 Å². The zero-order valence-electron chi connectivity index (χ0n) is 15.4. The predicted molar refractivity (Wildman–Crippen MR) is 98.8 cm³/mol. The Balaban J connectivity index is 1.79. The second-order valence-electron chi connectivity index (χ2n) is 5.84. The summed E-state index contributed by atoms with van der Waals surface area (Å²) in [5.41, 5.74) is 0.0265. The average molecular weight is 404 g/mol. The Bertz CT molecular complexity index is 986. The van der Waals surface area contributed by atoms with Gasteiger partial charge < -0.3 is 19.8 Å². The van der Waals surface area contributed by atoms with E-state index in [1.165, 1.54) is 41.4 Å². The van der Waals surface area contributed by atoms with Gasteiger partial charge in [-0.25, -0.2) is 0 Å². The quantitative estimate of drug-likeness (QED) is 0.600. The first-order valence-corrected chi connectivity index (χ1v) is 8.71. The number of aromatic nitrogens is 2. The van der Waals surface area contributed by atoms with Crippen molar-refractivity contribution >= 4 is 17.5 Å². The molecule has 3 rings (SSSR count). The molecule has 29 heavy (non-hydrogen) atoms. The number of ether oxygens (including phenoxy) is 1. The highest BCUT2D eigenvalue weighted by Crippen LogP contribution is 2.23. The van der Waals surface area contributed by atoms with Gasteiger partial charge in [-0.05, 0) is 31.2 Å². The fourth-order valence-corrected chi connectivity index (χ4v) is 2.55. The Morgan fingerprint density at radius 3 is 2.69 bits per heavy atom. The van der Waals surface area contributed by atoms with Gasteiger partial charge in [0.2, 0.25) is 0 Å². The number of para-hydroxylation sites is 1. The van der Waals surface area contributed by atoms with E-state index in [0.717, 1.165) is 0 Å². The fourth-order valence-electron chi connectivity index (χ4n) is 2.55. The maximum Gasteiger partial charge on any atom is 0.387 e. The number of rotatable bonds is 8. The van der Waals surface area contributed by atoms with E-state index in [-0.39, 0.29) is 29.2 Å². The minimum absolute atomic E-state index is 0.0148. The first-order chi connectivity index (χ1) is 14.0. The molecule has 10 heteroatoms. The number of aryl methyl sites for hydroxylation is 1. The minimum atomic E-state index is -3.07. The van der Waals surface area contributed by atoms with Gasteiger partial charge in [-0.2, -0.15) is 13.9 Å². The van der Waals surface area contributed by atoms with Gasteiger partial charge in [0.25, 0.3) is 11.8 Å². The number of nitrogens with zero attached hydrogens (tertiary/aromatic N) is 2. The molecule has 8 nitrogen and oxygen atoms in total. The molecule has 0 saturated heterocycles. The van der Waals surface area contributed by atoms with Gasteiger partial charge in [0.05, 0.1) is 24.1 Å². The van der Waals surface area contributed by atoms with Crippen LogP contribution in [0.5, 0.6) is 5.75 Å². The normalized spacial score (nSPS) is 10.8. The first-order valence-electron chi connectivity index (χ1n) is 8.71. The summed E-state index contributed by atoms with van der Waals surface area (Å²) in [6.07, 6.45) is 2.97. The van der Waals surface area contributed by atoms with Crippen LogP contribution < -0.4 is 15.4 Å². The SMILES string of the molecule is CCn1cc(NC(=O)c2ccccc2OC(F)F)c(C(=O)NCc2ccco2)n1. The summed E-state index contributed by atoms with van der Waals surface area (Å²) >= 11 is 0. The third kappa shape index (κ3) is 4.98. The van der Waals surface area contributed by atoms with Crippen molar-refractivity contribution in [3.8, 4) is 5.75 Å². The van der Waals surface area contributed by atoms with Crippen molar-refractivity contribution in [3.63, 3.8) is 0 Å². The van der Waals surface area contributed by atoms with Gasteiger partial charge in [0.15, 0.2) is 5.69 Å². The lowest BCUT2D eigenvalue weighted by molar-refractivity contribution is -0.0501. The highest BCUT2D eigenvalue weighted by Gasteiger charge is 2.21. The third-order valence-corrected chi connectivity index (χ3v) is 3.90. The summed E-state index contributed by atoms with van der Waals surface area (Å²) in [6, 6.07) is 8.98. The molecule has 0 unspecified atom stereocenters. The molecule has 0 atom stereocenters. The highest BCUT2D eigenvalue weighted by atomic mass is 19.3. The Labute approximate surface area is 164 Å². The van der Waals surface area contributed by atoms with E-state index in [2.05, 4.69) is 20.5 Å². The van der Waals surface area contributed by atoms with Crippen LogP contribution in [0.15, 0.2) is 53.3 Å². The third-order valence-electron chi connectivity index (χ3n) is 3.90. The van der Waals surface area contributed by atoms with Crippen molar-refractivity contribution in [2.24, 2.45) is 0 Å². The molecule has 0 aliphatic carbocycles. The van der Waals surface area contributed by atoms with Gasteiger partial charge in [-0.1, -0.05) is 12.1 Å². The van der Waals surface area contributed by atoms with Gasteiger partial charge in [-0.15, -0.1) is 0 Å². The monoisotopic (exact) mass is 404 g/mol. The summed E-state index contributed by atoms with van der Waals surface area (Å²) in [7, 11) is 0. The van der Waals surface area contributed by atoms with E-state index >= 15 is 0 Å². The molecule has 0 aliphatic heterocycles. The standard InChI is InChI=1S/C19H18F2N4O4/c1-2-25-11-14(16(24-25)18(27)22-10-12-6-5-9-28-12)23-17(26)13-7-3-4-8-15(13)29-19(20)21/h3-9,11,19H,2,10H2,1H3,(H,22,27)(H,23,26). The van der Waals surface area contributed by atoms with Crippen molar-refractivity contribution < 1.29 is 27.5 Å². The van der Waals surface area contributed by atoms with E-state index in [0.29, 0.717) is 12.3 Å². The summed E-state index contributed by atoms with van der Waals surface area (Å²) in [4.78, 5) is 25.1. The van der Waals surface area contributed by atoms with Crippen LogP contribution in [-0.2, 0) is 13.1 Å². The lowest BCUT2D eigenvalue weighted by Crippen LogP contribution is -2.25. The number of nitrogens with one attached hydrogen (secondary N) is 2. The van der Waals surface area contributed by atoms with Gasteiger partial charge >= 0.3 is 6.61 Å². The van der Waals surface area contributed by atoms with Gasteiger partial charge in [0.1, 0.15) is 11.5 Å². The lowest BCUT2D eigenvalue weighted by Gasteiger charge is -2.10.